The van der Waals surface area contributed by atoms with Crippen molar-refractivity contribution < 1.29 is 14.3 Å². The fourth-order valence-electron chi connectivity index (χ4n) is 2.93. The lowest BCUT2D eigenvalue weighted by atomic mass is 10.1. The fourth-order valence-corrected chi connectivity index (χ4v) is 2.93. The summed E-state index contributed by atoms with van der Waals surface area (Å²) in [6.45, 7) is 10.7. The second-order valence-electron chi connectivity index (χ2n) is 7.33. The third-order valence-electron chi connectivity index (χ3n) is 4.04. The van der Waals surface area contributed by atoms with Gasteiger partial charge in [0.15, 0.2) is 0 Å². The molecular formula is C18H29N3O3. The summed E-state index contributed by atoms with van der Waals surface area (Å²) in [6, 6.07) is 5.78. The highest BCUT2D eigenvalue weighted by atomic mass is 16.6. The molecule has 1 atom stereocenters. The summed E-state index contributed by atoms with van der Waals surface area (Å²) in [5.74, 6) is 0.839. The monoisotopic (exact) mass is 335 g/mol. The molecule has 1 heterocycles. The molecule has 0 aromatic heterocycles. The van der Waals surface area contributed by atoms with E-state index in [2.05, 4.69) is 4.90 Å². The van der Waals surface area contributed by atoms with Crippen molar-refractivity contribution in [3.8, 4) is 5.75 Å². The molecule has 1 aromatic carbocycles. The first-order valence-electron chi connectivity index (χ1n) is 8.34. The summed E-state index contributed by atoms with van der Waals surface area (Å²) in [4.78, 5) is 16.4. The summed E-state index contributed by atoms with van der Waals surface area (Å²) in [5, 5.41) is 0. The molecule has 0 bridgehead atoms. The third-order valence-corrected chi connectivity index (χ3v) is 4.04. The number of nitrogen functional groups attached to an aromatic ring is 1. The first kappa shape index (κ1) is 18.4. The lowest BCUT2D eigenvalue weighted by molar-refractivity contribution is 0.000487. The molecule has 134 valence electrons. The molecule has 1 aromatic rings. The van der Waals surface area contributed by atoms with Crippen LogP contribution in [-0.2, 0) is 11.3 Å². The number of ether oxygens (including phenoxy) is 2. The summed E-state index contributed by atoms with van der Waals surface area (Å²) in [6.07, 6.45) is -0.240. The van der Waals surface area contributed by atoms with E-state index in [0.717, 1.165) is 36.6 Å². The Morgan fingerprint density at radius 1 is 1.33 bits per heavy atom. The van der Waals surface area contributed by atoms with Gasteiger partial charge in [0.05, 0.1) is 7.11 Å². The number of anilines is 1. The van der Waals surface area contributed by atoms with Gasteiger partial charge in [-0.3, -0.25) is 4.90 Å². The number of carbonyl (C=O) groups is 1. The molecular weight excluding hydrogens is 306 g/mol. The van der Waals surface area contributed by atoms with Crippen LogP contribution in [0.4, 0.5) is 10.5 Å². The van der Waals surface area contributed by atoms with Crippen molar-refractivity contribution in [1.82, 2.24) is 9.80 Å². The minimum absolute atomic E-state index is 0.0978. The smallest absolute Gasteiger partial charge is 0.410 e. The highest BCUT2D eigenvalue weighted by Gasteiger charge is 2.31. The molecule has 2 rings (SSSR count). The number of nitrogens with two attached hydrogens (primary N) is 1. The summed E-state index contributed by atoms with van der Waals surface area (Å²) in [5.41, 5.74) is 7.22. The number of hydrogen-bond acceptors (Lipinski definition) is 5. The van der Waals surface area contributed by atoms with Crippen LogP contribution in [0, 0.1) is 0 Å². The predicted octanol–water partition coefficient (Wildman–Crippen LogP) is 2.72. The van der Waals surface area contributed by atoms with Crippen LogP contribution >= 0.6 is 0 Å². The molecule has 6 heteroatoms. The number of rotatable bonds is 3. The molecule has 24 heavy (non-hydrogen) atoms. The minimum atomic E-state index is -0.469. The van der Waals surface area contributed by atoms with Gasteiger partial charge >= 0.3 is 6.09 Å². The number of amides is 1. The molecule has 1 fully saturated rings. The normalized spacial score (nSPS) is 19.2. The molecule has 1 saturated heterocycles. The van der Waals surface area contributed by atoms with E-state index in [0.29, 0.717) is 6.54 Å². The van der Waals surface area contributed by atoms with Crippen molar-refractivity contribution in [2.45, 2.75) is 45.9 Å². The molecule has 1 aliphatic heterocycles. The SMILES string of the molecule is COc1ccc(N)cc1CN1CCN(C(=O)OC(C)(C)C)C(C)C1. The van der Waals surface area contributed by atoms with Crippen LogP contribution in [0.3, 0.4) is 0 Å². The van der Waals surface area contributed by atoms with Crippen molar-refractivity contribution in [3.63, 3.8) is 0 Å². The van der Waals surface area contributed by atoms with Crippen LogP contribution in [0.2, 0.25) is 0 Å². The Morgan fingerprint density at radius 2 is 2.04 bits per heavy atom. The average Bonchev–Trinajstić information content (AvgIpc) is 2.45. The molecule has 0 radical (unpaired) electrons. The van der Waals surface area contributed by atoms with Gasteiger partial charge in [0, 0.05) is 43.5 Å². The zero-order valence-corrected chi connectivity index (χ0v) is 15.3. The van der Waals surface area contributed by atoms with E-state index in [1.54, 1.807) is 12.0 Å². The Morgan fingerprint density at radius 3 is 2.62 bits per heavy atom. The van der Waals surface area contributed by atoms with Crippen LogP contribution in [0.25, 0.3) is 0 Å². The maximum absolute atomic E-state index is 12.3. The lowest BCUT2D eigenvalue weighted by Crippen LogP contribution is -2.54. The Bertz CT molecular complexity index is 583. The number of carbonyl (C=O) groups excluding carboxylic acids is 1. The highest BCUT2D eigenvalue weighted by molar-refractivity contribution is 5.68. The molecule has 0 spiro atoms. The Labute approximate surface area is 144 Å². The molecule has 1 amide bonds. The van der Waals surface area contributed by atoms with E-state index in [-0.39, 0.29) is 12.1 Å². The number of piperazine rings is 1. The maximum atomic E-state index is 12.3. The van der Waals surface area contributed by atoms with Gasteiger partial charge in [0.2, 0.25) is 0 Å². The average molecular weight is 335 g/mol. The Balaban J connectivity index is 1.98. The van der Waals surface area contributed by atoms with Crippen molar-refractivity contribution in [2.24, 2.45) is 0 Å². The third kappa shape index (κ3) is 4.77. The van der Waals surface area contributed by atoms with E-state index in [9.17, 15) is 4.79 Å². The number of methoxy groups -OCH3 is 1. The van der Waals surface area contributed by atoms with E-state index in [4.69, 9.17) is 15.2 Å². The van der Waals surface area contributed by atoms with Crippen LogP contribution in [0.15, 0.2) is 18.2 Å². The van der Waals surface area contributed by atoms with Gasteiger partial charge in [-0.2, -0.15) is 0 Å². The number of hydrogen-bond donors (Lipinski definition) is 1. The predicted molar refractivity (Wildman–Crippen MR) is 95.1 cm³/mol. The van der Waals surface area contributed by atoms with E-state index in [1.807, 2.05) is 45.9 Å². The van der Waals surface area contributed by atoms with Gasteiger partial charge in [-0.1, -0.05) is 0 Å². The highest BCUT2D eigenvalue weighted by Crippen LogP contribution is 2.24. The summed E-state index contributed by atoms with van der Waals surface area (Å²) >= 11 is 0. The zero-order valence-electron chi connectivity index (χ0n) is 15.3. The number of benzene rings is 1. The van der Waals surface area contributed by atoms with Gasteiger partial charge < -0.3 is 20.1 Å². The summed E-state index contributed by atoms with van der Waals surface area (Å²) in [7, 11) is 1.66. The molecule has 1 unspecified atom stereocenters. The standard InChI is InChI=1S/C18H29N3O3/c1-13-11-20(8-9-21(13)17(22)24-18(2,3)4)12-14-10-15(19)6-7-16(14)23-5/h6-7,10,13H,8-9,11-12,19H2,1-5H3. The van der Waals surface area contributed by atoms with Crippen molar-refractivity contribution in [2.75, 3.05) is 32.5 Å². The fraction of sp³-hybridized carbons (Fsp3) is 0.611. The van der Waals surface area contributed by atoms with Gasteiger partial charge in [0.1, 0.15) is 11.4 Å². The molecule has 6 nitrogen and oxygen atoms in total. The van der Waals surface area contributed by atoms with Gasteiger partial charge in [-0.15, -0.1) is 0 Å². The Hall–Kier alpha value is -1.95. The second kappa shape index (κ2) is 7.30. The van der Waals surface area contributed by atoms with E-state index >= 15 is 0 Å². The quantitative estimate of drug-likeness (QED) is 0.860. The van der Waals surface area contributed by atoms with Crippen LogP contribution in [-0.4, -0.2) is 54.3 Å². The van der Waals surface area contributed by atoms with Crippen LogP contribution < -0.4 is 10.5 Å². The van der Waals surface area contributed by atoms with E-state index < -0.39 is 5.60 Å². The van der Waals surface area contributed by atoms with Crippen molar-refractivity contribution >= 4 is 11.8 Å². The van der Waals surface area contributed by atoms with Crippen molar-refractivity contribution in [1.29, 1.82) is 0 Å². The van der Waals surface area contributed by atoms with Gasteiger partial charge in [-0.05, 0) is 45.9 Å². The maximum Gasteiger partial charge on any atom is 0.410 e. The van der Waals surface area contributed by atoms with Gasteiger partial charge in [0.25, 0.3) is 0 Å². The topological polar surface area (TPSA) is 68.0 Å². The molecule has 1 aliphatic rings. The number of nitrogens with zero attached hydrogens (tertiary/aromatic N) is 2. The van der Waals surface area contributed by atoms with E-state index in [1.165, 1.54) is 0 Å². The van der Waals surface area contributed by atoms with Crippen molar-refractivity contribution in [3.05, 3.63) is 23.8 Å². The first-order chi connectivity index (χ1) is 11.2. The second-order valence-corrected chi connectivity index (χ2v) is 7.33. The summed E-state index contributed by atoms with van der Waals surface area (Å²) < 4.78 is 10.9. The lowest BCUT2D eigenvalue weighted by Gasteiger charge is -2.40. The minimum Gasteiger partial charge on any atom is -0.496 e. The van der Waals surface area contributed by atoms with Gasteiger partial charge in [-0.25, -0.2) is 4.79 Å². The van der Waals surface area contributed by atoms with Crippen LogP contribution in [0.1, 0.15) is 33.3 Å². The van der Waals surface area contributed by atoms with Crippen LogP contribution in [0.5, 0.6) is 5.75 Å². The zero-order chi connectivity index (χ0) is 17.9. The molecule has 2 N–H and O–H groups in total. The molecule has 0 saturated carbocycles. The first-order valence-corrected chi connectivity index (χ1v) is 8.34. The Kier molecular flexibility index (Phi) is 5.59. The largest absolute Gasteiger partial charge is 0.496 e. The molecule has 0 aliphatic carbocycles.